The van der Waals surface area contributed by atoms with Gasteiger partial charge in [0, 0.05) is 36.7 Å². The fourth-order valence-electron chi connectivity index (χ4n) is 1.99. The molecule has 0 radical (unpaired) electrons. The van der Waals surface area contributed by atoms with Crippen molar-refractivity contribution in [3.8, 4) is 5.69 Å². The van der Waals surface area contributed by atoms with Crippen molar-refractivity contribution in [2.24, 2.45) is 0 Å². The molecule has 2 rings (SSSR count). The van der Waals surface area contributed by atoms with Crippen molar-refractivity contribution in [1.82, 2.24) is 19.8 Å². The van der Waals surface area contributed by atoms with Gasteiger partial charge in [0.15, 0.2) is 0 Å². The molecule has 0 aliphatic heterocycles. The lowest BCUT2D eigenvalue weighted by Crippen LogP contribution is -2.36. The van der Waals surface area contributed by atoms with Crippen molar-refractivity contribution < 1.29 is 0 Å². The first-order chi connectivity index (χ1) is 9.58. The van der Waals surface area contributed by atoms with Gasteiger partial charge >= 0.3 is 0 Å². The molecule has 4 nitrogen and oxygen atoms in total. The van der Waals surface area contributed by atoms with Gasteiger partial charge in [-0.2, -0.15) is 0 Å². The summed E-state index contributed by atoms with van der Waals surface area (Å²) in [5.74, 6) is 0. The summed E-state index contributed by atoms with van der Waals surface area (Å²) in [6.07, 6.45) is 5.56. The van der Waals surface area contributed by atoms with Gasteiger partial charge in [-0.05, 0) is 45.6 Å². The molecule has 1 heterocycles. The zero-order valence-corrected chi connectivity index (χ0v) is 12.7. The van der Waals surface area contributed by atoms with Gasteiger partial charge < -0.3 is 14.8 Å². The van der Waals surface area contributed by atoms with Gasteiger partial charge in [0.2, 0.25) is 0 Å². The second-order valence-electron chi connectivity index (χ2n) is 5.50. The molecule has 0 spiro atoms. The highest BCUT2D eigenvalue weighted by molar-refractivity contribution is 5.35. The van der Waals surface area contributed by atoms with Crippen LogP contribution in [0.4, 0.5) is 0 Å². The molecule has 1 aromatic carbocycles. The average molecular weight is 272 g/mol. The van der Waals surface area contributed by atoms with Crippen molar-refractivity contribution in [2.75, 3.05) is 20.6 Å². The molecule has 2 aromatic rings. The third kappa shape index (κ3) is 3.68. The van der Waals surface area contributed by atoms with Crippen LogP contribution in [0, 0.1) is 0 Å². The molecular weight excluding hydrogens is 248 g/mol. The van der Waals surface area contributed by atoms with Crippen molar-refractivity contribution in [1.29, 1.82) is 0 Å². The van der Waals surface area contributed by atoms with E-state index in [1.54, 1.807) is 6.20 Å². The molecule has 4 heteroatoms. The van der Waals surface area contributed by atoms with E-state index in [0.29, 0.717) is 12.1 Å². The molecule has 0 saturated carbocycles. The highest BCUT2D eigenvalue weighted by Crippen LogP contribution is 2.15. The Morgan fingerprint density at radius 2 is 1.90 bits per heavy atom. The van der Waals surface area contributed by atoms with E-state index in [0.717, 1.165) is 12.2 Å². The van der Waals surface area contributed by atoms with Crippen LogP contribution >= 0.6 is 0 Å². The topological polar surface area (TPSA) is 33.1 Å². The largest absolute Gasteiger partial charge is 0.309 e. The Morgan fingerprint density at radius 1 is 1.20 bits per heavy atom. The Kier molecular flexibility index (Phi) is 4.93. The molecule has 0 amide bonds. The van der Waals surface area contributed by atoms with Gasteiger partial charge in [-0.25, -0.2) is 4.98 Å². The Balaban J connectivity index is 1.96. The molecule has 0 aliphatic carbocycles. The van der Waals surface area contributed by atoms with Crippen molar-refractivity contribution in [2.45, 2.75) is 25.9 Å². The Bertz CT molecular complexity index is 502. The fraction of sp³-hybridized carbons (Fsp3) is 0.438. The second kappa shape index (κ2) is 6.68. The lowest BCUT2D eigenvalue weighted by molar-refractivity contribution is 0.295. The molecule has 0 bridgehead atoms. The van der Waals surface area contributed by atoms with Crippen LogP contribution < -0.4 is 5.32 Å². The summed E-state index contributed by atoms with van der Waals surface area (Å²) in [5, 5.41) is 3.57. The van der Waals surface area contributed by atoms with E-state index in [2.05, 4.69) is 67.4 Å². The fourth-order valence-corrected chi connectivity index (χ4v) is 1.99. The number of nitrogens with zero attached hydrogens (tertiary/aromatic N) is 3. The predicted octanol–water partition coefficient (Wildman–Crippen LogP) is 2.47. The lowest BCUT2D eigenvalue weighted by Gasteiger charge is -2.23. The summed E-state index contributed by atoms with van der Waals surface area (Å²) in [7, 11) is 4.22. The molecule has 1 aromatic heterocycles. The third-order valence-corrected chi connectivity index (χ3v) is 3.80. The van der Waals surface area contributed by atoms with E-state index in [1.807, 2.05) is 17.1 Å². The van der Waals surface area contributed by atoms with E-state index >= 15 is 0 Å². The van der Waals surface area contributed by atoms with Gasteiger partial charge in [0.1, 0.15) is 0 Å². The molecule has 2 unspecified atom stereocenters. The van der Waals surface area contributed by atoms with Crippen molar-refractivity contribution in [3.05, 3.63) is 48.5 Å². The van der Waals surface area contributed by atoms with Crippen LogP contribution in [0.2, 0.25) is 0 Å². The number of benzene rings is 1. The Labute approximate surface area is 121 Å². The SMILES string of the molecule is CC(NCC(C)N(C)C)c1ccc(-n2ccnc2)cc1. The van der Waals surface area contributed by atoms with Gasteiger partial charge in [0.05, 0.1) is 6.33 Å². The predicted molar refractivity (Wildman–Crippen MR) is 83.1 cm³/mol. The van der Waals surface area contributed by atoms with Gasteiger partial charge in [-0.3, -0.25) is 0 Å². The van der Waals surface area contributed by atoms with Gasteiger partial charge in [0.25, 0.3) is 0 Å². The summed E-state index contributed by atoms with van der Waals surface area (Å²) < 4.78 is 2.01. The first-order valence-electron chi connectivity index (χ1n) is 7.06. The summed E-state index contributed by atoms with van der Waals surface area (Å²) in [6, 6.07) is 9.49. The van der Waals surface area contributed by atoms with Crippen LogP contribution in [-0.4, -0.2) is 41.1 Å². The second-order valence-corrected chi connectivity index (χ2v) is 5.50. The van der Waals surface area contributed by atoms with Crippen molar-refractivity contribution >= 4 is 0 Å². The molecule has 0 aliphatic rings. The number of aromatic nitrogens is 2. The minimum absolute atomic E-state index is 0.356. The number of hydrogen-bond donors (Lipinski definition) is 1. The normalized spacial score (nSPS) is 14.4. The van der Waals surface area contributed by atoms with Crippen LogP contribution in [0.3, 0.4) is 0 Å². The molecule has 108 valence electrons. The minimum atomic E-state index is 0.356. The van der Waals surface area contributed by atoms with Gasteiger partial charge in [-0.15, -0.1) is 0 Å². The monoisotopic (exact) mass is 272 g/mol. The van der Waals surface area contributed by atoms with Crippen LogP contribution in [0.25, 0.3) is 5.69 Å². The first-order valence-corrected chi connectivity index (χ1v) is 7.06. The Hall–Kier alpha value is -1.65. The molecule has 0 fully saturated rings. The van der Waals surface area contributed by atoms with Crippen molar-refractivity contribution in [3.63, 3.8) is 0 Å². The Morgan fingerprint density at radius 3 is 2.45 bits per heavy atom. The maximum atomic E-state index is 4.07. The highest BCUT2D eigenvalue weighted by atomic mass is 15.1. The first kappa shape index (κ1) is 14.8. The number of nitrogens with one attached hydrogen (secondary N) is 1. The van der Waals surface area contributed by atoms with E-state index in [9.17, 15) is 0 Å². The van der Waals surface area contributed by atoms with Crippen LogP contribution in [0.1, 0.15) is 25.5 Å². The molecular formula is C16H24N4. The van der Waals surface area contributed by atoms with Gasteiger partial charge in [-0.1, -0.05) is 12.1 Å². The molecule has 0 saturated heterocycles. The maximum absolute atomic E-state index is 4.07. The minimum Gasteiger partial charge on any atom is -0.309 e. The summed E-state index contributed by atoms with van der Waals surface area (Å²) >= 11 is 0. The number of rotatable bonds is 6. The van der Waals surface area contributed by atoms with Crippen LogP contribution in [-0.2, 0) is 0 Å². The van der Waals surface area contributed by atoms with E-state index in [-0.39, 0.29) is 0 Å². The zero-order chi connectivity index (χ0) is 14.5. The molecule has 1 N–H and O–H groups in total. The highest BCUT2D eigenvalue weighted by Gasteiger charge is 2.09. The standard InChI is InChI=1S/C16H24N4/c1-13(19(3)4)11-18-14(2)15-5-7-16(8-6-15)20-10-9-17-12-20/h5-10,12-14,18H,11H2,1-4H3. The van der Waals surface area contributed by atoms with E-state index < -0.39 is 0 Å². The number of hydrogen-bond acceptors (Lipinski definition) is 3. The summed E-state index contributed by atoms with van der Waals surface area (Å²) in [5.41, 5.74) is 2.44. The average Bonchev–Trinajstić information content (AvgIpc) is 2.98. The lowest BCUT2D eigenvalue weighted by atomic mass is 10.1. The third-order valence-electron chi connectivity index (χ3n) is 3.80. The van der Waals surface area contributed by atoms with E-state index in [1.165, 1.54) is 5.56 Å². The molecule has 2 atom stereocenters. The van der Waals surface area contributed by atoms with Crippen LogP contribution in [0.5, 0.6) is 0 Å². The quantitative estimate of drug-likeness (QED) is 0.877. The smallest absolute Gasteiger partial charge is 0.0991 e. The van der Waals surface area contributed by atoms with E-state index in [4.69, 9.17) is 0 Å². The number of likely N-dealkylation sites (N-methyl/N-ethyl adjacent to an activating group) is 1. The summed E-state index contributed by atoms with van der Waals surface area (Å²) in [4.78, 5) is 6.29. The maximum Gasteiger partial charge on any atom is 0.0991 e. The molecule has 20 heavy (non-hydrogen) atoms. The number of imidazole rings is 1. The summed E-state index contributed by atoms with van der Waals surface area (Å²) in [6.45, 7) is 5.41. The van der Waals surface area contributed by atoms with Crippen LogP contribution in [0.15, 0.2) is 43.0 Å². The zero-order valence-electron chi connectivity index (χ0n) is 12.7.